The fourth-order valence-corrected chi connectivity index (χ4v) is 3.21. The topological polar surface area (TPSA) is 36.4 Å². The Bertz CT molecular complexity index is 789. The summed E-state index contributed by atoms with van der Waals surface area (Å²) in [6.07, 6.45) is 3.51. The molecule has 3 aromatic rings. The van der Waals surface area contributed by atoms with E-state index < -0.39 is 5.72 Å². The summed E-state index contributed by atoms with van der Waals surface area (Å²) < 4.78 is 0. The lowest BCUT2D eigenvalue weighted by Gasteiger charge is -2.36. The third-order valence-corrected chi connectivity index (χ3v) is 4.26. The predicted octanol–water partition coefficient (Wildman–Crippen LogP) is 3.30. The molecule has 1 aromatic heterocycles. The summed E-state index contributed by atoms with van der Waals surface area (Å²) in [6.45, 7) is 0.672. The number of pyridine rings is 1. The number of aromatic nitrogens is 1. The van der Waals surface area contributed by atoms with Crippen molar-refractivity contribution < 1.29 is 5.11 Å². The summed E-state index contributed by atoms with van der Waals surface area (Å²) in [5, 5.41) is 11.6. The molecule has 22 heavy (non-hydrogen) atoms. The molecule has 0 fully saturated rings. The minimum atomic E-state index is -1.15. The second-order valence-corrected chi connectivity index (χ2v) is 5.49. The van der Waals surface area contributed by atoms with Crippen LogP contribution in [0, 0.1) is 0 Å². The standard InChI is InChI=1S/C19H16N2O/c22-19(16-7-2-1-3-8-16)18-9-5-4-6-15(18)14-21(19)17-10-12-20-13-11-17/h1-13,22H,14H2. The van der Waals surface area contributed by atoms with Crippen LogP contribution < -0.4 is 4.90 Å². The van der Waals surface area contributed by atoms with Crippen LogP contribution in [0.25, 0.3) is 0 Å². The molecule has 0 saturated heterocycles. The quantitative estimate of drug-likeness (QED) is 0.786. The summed E-state index contributed by atoms with van der Waals surface area (Å²) in [7, 11) is 0. The van der Waals surface area contributed by atoms with Crippen LogP contribution in [0.15, 0.2) is 79.1 Å². The third kappa shape index (κ3) is 1.83. The minimum Gasteiger partial charge on any atom is -0.363 e. The van der Waals surface area contributed by atoms with Crippen LogP contribution in [0.1, 0.15) is 16.7 Å². The molecule has 1 N–H and O–H groups in total. The molecule has 4 rings (SSSR count). The average molecular weight is 288 g/mol. The van der Waals surface area contributed by atoms with Gasteiger partial charge in [-0.3, -0.25) is 4.98 Å². The first-order valence-electron chi connectivity index (χ1n) is 7.34. The van der Waals surface area contributed by atoms with E-state index >= 15 is 0 Å². The number of aliphatic hydroxyl groups is 1. The van der Waals surface area contributed by atoms with Crippen molar-refractivity contribution >= 4 is 5.69 Å². The third-order valence-electron chi connectivity index (χ3n) is 4.26. The fraction of sp³-hybridized carbons (Fsp3) is 0.105. The molecule has 0 amide bonds. The highest BCUT2D eigenvalue weighted by atomic mass is 16.3. The number of hydrogen-bond acceptors (Lipinski definition) is 3. The molecular weight excluding hydrogens is 272 g/mol. The van der Waals surface area contributed by atoms with Crippen molar-refractivity contribution in [1.29, 1.82) is 0 Å². The molecule has 0 bridgehead atoms. The maximum atomic E-state index is 11.6. The molecule has 0 aliphatic carbocycles. The monoisotopic (exact) mass is 288 g/mol. The molecule has 1 unspecified atom stereocenters. The van der Waals surface area contributed by atoms with Gasteiger partial charge in [0.25, 0.3) is 0 Å². The normalized spacial score (nSPS) is 20.0. The van der Waals surface area contributed by atoms with E-state index in [2.05, 4.69) is 11.1 Å². The Morgan fingerprint density at radius 2 is 1.55 bits per heavy atom. The smallest absolute Gasteiger partial charge is 0.192 e. The summed E-state index contributed by atoms with van der Waals surface area (Å²) in [5.74, 6) is 0. The van der Waals surface area contributed by atoms with Gasteiger partial charge in [-0.1, -0.05) is 54.6 Å². The molecular formula is C19H16N2O. The zero-order valence-electron chi connectivity index (χ0n) is 12.1. The van der Waals surface area contributed by atoms with Gasteiger partial charge >= 0.3 is 0 Å². The van der Waals surface area contributed by atoms with E-state index in [-0.39, 0.29) is 0 Å². The molecule has 1 aliphatic heterocycles. The van der Waals surface area contributed by atoms with Crippen molar-refractivity contribution in [3.63, 3.8) is 0 Å². The van der Waals surface area contributed by atoms with Gasteiger partial charge < -0.3 is 10.0 Å². The minimum absolute atomic E-state index is 0.672. The molecule has 3 nitrogen and oxygen atoms in total. The number of hydrogen-bond donors (Lipinski definition) is 1. The van der Waals surface area contributed by atoms with Crippen LogP contribution in [0.3, 0.4) is 0 Å². The average Bonchev–Trinajstić information content (AvgIpc) is 2.91. The summed E-state index contributed by atoms with van der Waals surface area (Å²) in [4.78, 5) is 6.10. The Kier molecular flexibility index (Phi) is 2.94. The lowest BCUT2D eigenvalue weighted by molar-refractivity contribution is 0.0853. The number of benzene rings is 2. The van der Waals surface area contributed by atoms with E-state index in [0.29, 0.717) is 6.54 Å². The van der Waals surface area contributed by atoms with Crippen molar-refractivity contribution in [1.82, 2.24) is 4.98 Å². The molecule has 3 heteroatoms. The van der Waals surface area contributed by atoms with Gasteiger partial charge in [0.1, 0.15) is 0 Å². The van der Waals surface area contributed by atoms with E-state index in [1.807, 2.05) is 65.6 Å². The highest BCUT2D eigenvalue weighted by Gasteiger charge is 2.45. The highest BCUT2D eigenvalue weighted by Crippen LogP contribution is 2.44. The lowest BCUT2D eigenvalue weighted by Crippen LogP contribution is -2.42. The predicted molar refractivity (Wildman–Crippen MR) is 86.3 cm³/mol. The highest BCUT2D eigenvalue weighted by molar-refractivity contribution is 5.60. The second-order valence-electron chi connectivity index (χ2n) is 5.49. The number of nitrogens with zero attached hydrogens (tertiary/aromatic N) is 2. The maximum Gasteiger partial charge on any atom is 0.192 e. The Balaban J connectivity index is 1.94. The van der Waals surface area contributed by atoms with Gasteiger partial charge in [-0.2, -0.15) is 0 Å². The molecule has 0 saturated carbocycles. The van der Waals surface area contributed by atoms with Gasteiger partial charge in [0.2, 0.25) is 0 Å². The maximum absolute atomic E-state index is 11.6. The molecule has 1 atom stereocenters. The van der Waals surface area contributed by atoms with Gasteiger partial charge in [-0.05, 0) is 17.7 Å². The molecule has 2 aromatic carbocycles. The van der Waals surface area contributed by atoms with Crippen LogP contribution in [-0.4, -0.2) is 10.1 Å². The second kappa shape index (κ2) is 4.97. The summed E-state index contributed by atoms with van der Waals surface area (Å²) >= 11 is 0. The van der Waals surface area contributed by atoms with Gasteiger partial charge in [-0.25, -0.2) is 0 Å². The van der Waals surface area contributed by atoms with Crippen LogP contribution in [-0.2, 0) is 12.3 Å². The SMILES string of the molecule is OC1(c2ccccc2)c2ccccc2CN1c1ccncc1. The Morgan fingerprint density at radius 3 is 2.32 bits per heavy atom. The molecule has 1 aliphatic rings. The van der Waals surface area contributed by atoms with E-state index in [1.165, 1.54) is 0 Å². The van der Waals surface area contributed by atoms with Crippen LogP contribution in [0.2, 0.25) is 0 Å². The van der Waals surface area contributed by atoms with Gasteiger partial charge in [-0.15, -0.1) is 0 Å². The Morgan fingerprint density at radius 1 is 0.864 bits per heavy atom. The molecule has 108 valence electrons. The lowest BCUT2D eigenvalue weighted by atomic mass is 9.93. The molecule has 0 radical (unpaired) electrons. The van der Waals surface area contributed by atoms with E-state index in [4.69, 9.17) is 0 Å². The van der Waals surface area contributed by atoms with Gasteiger partial charge in [0.05, 0.1) is 0 Å². The largest absolute Gasteiger partial charge is 0.363 e. The summed E-state index contributed by atoms with van der Waals surface area (Å²) in [6, 6.07) is 21.7. The van der Waals surface area contributed by atoms with Gasteiger partial charge in [0, 0.05) is 35.8 Å². The number of rotatable bonds is 2. The van der Waals surface area contributed by atoms with Crippen molar-refractivity contribution in [3.05, 3.63) is 95.8 Å². The molecule has 0 spiro atoms. The molecule has 2 heterocycles. The fourth-order valence-electron chi connectivity index (χ4n) is 3.21. The zero-order valence-corrected chi connectivity index (χ0v) is 12.1. The number of fused-ring (bicyclic) bond motifs is 1. The first-order valence-corrected chi connectivity index (χ1v) is 7.34. The van der Waals surface area contributed by atoms with Crippen LogP contribution in [0.4, 0.5) is 5.69 Å². The van der Waals surface area contributed by atoms with E-state index in [1.54, 1.807) is 12.4 Å². The van der Waals surface area contributed by atoms with Crippen LogP contribution >= 0.6 is 0 Å². The zero-order chi connectivity index (χ0) is 15.0. The van der Waals surface area contributed by atoms with Crippen molar-refractivity contribution in [2.24, 2.45) is 0 Å². The Labute approximate surface area is 129 Å². The van der Waals surface area contributed by atoms with Crippen molar-refractivity contribution in [3.8, 4) is 0 Å². The van der Waals surface area contributed by atoms with Crippen LogP contribution in [0.5, 0.6) is 0 Å². The van der Waals surface area contributed by atoms with E-state index in [9.17, 15) is 5.11 Å². The number of anilines is 1. The Hall–Kier alpha value is -2.65. The summed E-state index contributed by atoms with van der Waals surface area (Å²) in [5.41, 5.74) is 2.76. The van der Waals surface area contributed by atoms with Crippen molar-refractivity contribution in [2.45, 2.75) is 12.3 Å². The van der Waals surface area contributed by atoms with Gasteiger partial charge in [0.15, 0.2) is 5.72 Å². The van der Waals surface area contributed by atoms with Crippen molar-refractivity contribution in [2.75, 3.05) is 4.90 Å². The first kappa shape index (κ1) is 13.0. The first-order chi connectivity index (χ1) is 10.8. The van der Waals surface area contributed by atoms with E-state index in [0.717, 1.165) is 22.4 Å².